The van der Waals surface area contributed by atoms with Crippen LogP contribution in [-0.2, 0) is 14.4 Å². The van der Waals surface area contributed by atoms with Crippen LogP contribution in [0.3, 0.4) is 0 Å². The van der Waals surface area contributed by atoms with Crippen molar-refractivity contribution in [2.24, 2.45) is 23.3 Å². The van der Waals surface area contributed by atoms with Crippen molar-refractivity contribution in [1.29, 1.82) is 0 Å². The Hall–Kier alpha value is -1.39. The Balaban J connectivity index is 4.39. The van der Waals surface area contributed by atoms with Crippen molar-refractivity contribution in [3.8, 4) is 0 Å². The molecule has 0 aliphatic rings. The van der Waals surface area contributed by atoms with Crippen LogP contribution in [0.2, 0.25) is 0 Å². The van der Waals surface area contributed by atoms with Crippen LogP contribution in [-0.4, -0.2) is 17.6 Å². The standard InChI is InChI=1S/C7H12N2O3/c1-3(6(8)11)5(10)4(2)7(9)12/h3-4H,1-2H3,(H2,8,11)(H2,9,12). The first-order chi connectivity index (χ1) is 5.37. The quantitative estimate of drug-likeness (QED) is 0.520. The van der Waals surface area contributed by atoms with E-state index < -0.39 is 29.4 Å². The first kappa shape index (κ1) is 10.6. The number of amides is 2. The third-order valence-corrected chi connectivity index (χ3v) is 1.71. The Morgan fingerprint density at radius 3 is 1.33 bits per heavy atom. The maximum atomic E-state index is 11.1. The van der Waals surface area contributed by atoms with E-state index in [1.165, 1.54) is 13.8 Å². The number of nitrogens with two attached hydrogens (primary N) is 2. The predicted octanol–water partition coefficient (Wildman–Crippen LogP) is -1.20. The molecule has 0 aromatic heterocycles. The third-order valence-electron chi connectivity index (χ3n) is 1.71. The first-order valence-electron chi connectivity index (χ1n) is 3.50. The summed E-state index contributed by atoms with van der Waals surface area (Å²) < 4.78 is 0. The number of hydrogen-bond acceptors (Lipinski definition) is 3. The number of rotatable bonds is 4. The van der Waals surface area contributed by atoms with Gasteiger partial charge in [-0.15, -0.1) is 0 Å². The van der Waals surface area contributed by atoms with Crippen LogP contribution >= 0.6 is 0 Å². The molecule has 0 rings (SSSR count). The summed E-state index contributed by atoms with van der Waals surface area (Å²) in [5.74, 6) is -3.92. The summed E-state index contributed by atoms with van der Waals surface area (Å²) in [5, 5.41) is 0. The molecule has 0 heterocycles. The summed E-state index contributed by atoms with van der Waals surface area (Å²) in [4.78, 5) is 32.2. The van der Waals surface area contributed by atoms with Crippen LogP contribution in [0, 0.1) is 11.8 Å². The SMILES string of the molecule is CC(C(N)=O)C(=O)C(C)C(N)=O. The fraction of sp³-hybridized carbons (Fsp3) is 0.571. The summed E-state index contributed by atoms with van der Waals surface area (Å²) in [6.07, 6.45) is 0. The fourth-order valence-corrected chi connectivity index (χ4v) is 0.655. The van der Waals surface area contributed by atoms with Crippen molar-refractivity contribution < 1.29 is 14.4 Å². The molecular formula is C7H12N2O3. The van der Waals surface area contributed by atoms with Gasteiger partial charge in [0.15, 0.2) is 5.78 Å². The highest BCUT2D eigenvalue weighted by molar-refractivity contribution is 6.09. The van der Waals surface area contributed by atoms with Gasteiger partial charge in [-0.1, -0.05) is 0 Å². The predicted molar refractivity (Wildman–Crippen MR) is 41.7 cm³/mol. The zero-order valence-electron chi connectivity index (χ0n) is 7.03. The van der Waals surface area contributed by atoms with E-state index in [0.717, 1.165) is 0 Å². The normalized spacial score (nSPS) is 14.8. The lowest BCUT2D eigenvalue weighted by molar-refractivity contribution is -0.137. The van der Waals surface area contributed by atoms with Crippen molar-refractivity contribution in [3.05, 3.63) is 0 Å². The molecule has 12 heavy (non-hydrogen) atoms. The van der Waals surface area contributed by atoms with E-state index in [-0.39, 0.29) is 0 Å². The van der Waals surface area contributed by atoms with Gasteiger partial charge in [-0.05, 0) is 13.8 Å². The van der Waals surface area contributed by atoms with Crippen LogP contribution < -0.4 is 11.5 Å². The molecule has 0 aromatic carbocycles. The average Bonchev–Trinajstić information content (AvgIpc) is 2.00. The number of Topliss-reactive ketones (excluding diaryl/α,β-unsaturated/α-hetero) is 1. The van der Waals surface area contributed by atoms with Crippen molar-refractivity contribution in [3.63, 3.8) is 0 Å². The van der Waals surface area contributed by atoms with E-state index in [1.807, 2.05) is 0 Å². The first-order valence-corrected chi connectivity index (χ1v) is 3.50. The van der Waals surface area contributed by atoms with Gasteiger partial charge in [0.2, 0.25) is 11.8 Å². The lowest BCUT2D eigenvalue weighted by Gasteiger charge is -2.09. The highest BCUT2D eigenvalue weighted by Gasteiger charge is 2.27. The van der Waals surface area contributed by atoms with E-state index >= 15 is 0 Å². The molecule has 0 aliphatic heterocycles. The lowest BCUT2D eigenvalue weighted by atomic mass is 9.95. The largest absolute Gasteiger partial charge is 0.369 e. The third kappa shape index (κ3) is 2.34. The molecule has 0 aliphatic carbocycles. The Kier molecular flexibility index (Phi) is 3.40. The molecule has 2 atom stereocenters. The van der Waals surface area contributed by atoms with Gasteiger partial charge in [-0.25, -0.2) is 0 Å². The molecule has 5 nitrogen and oxygen atoms in total. The van der Waals surface area contributed by atoms with Crippen LogP contribution in [0.25, 0.3) is 0 Å². The van der Waals surface area contributed by atoms with Gasteiger partial charge in [0.05, 0.1) is 11.8 Å². The molecule has 2 amide bonds. The molecule has 0 spiro atoms. The summed E-state index contributed by atoms with van der Waals surface area (Å²) in [6, 6.07) is 0. The molecular weight excluding hydrogens is 160 g/mol. The number of hydrogen-bond donors (Lipinski definition) is 2. The average molecular weight is 172 g/mol. The zero-order chi connectivity index (χ0) is 9.89. The number of carbonyl (C=O) groups is 3. The smallest absolute Gasteiger partial charge is 0.227 e. The Morgan fingerprint density at radius 1 is 0.917 bits per heavy atom. The van der Waals surface area contributed by atoms with Crippen molar-refractivity contribution in [2.45, 2.75) is 13.8 Å². The molecule has 0 bridgehead atoms. The van der Waals surface area contributed by atoms with Gasteiger partial charge in [0, 0.05) is 0 Å². The van der Waals surface area contributed by atoms with Gasteiger partial charge in [0.1, 0.15) is 0 Å². The van der Waals surface area contributed by atoms with Crippen LogP contribution in [0.1, 0.15) is 13.8 Å². The Labute approximate surface area is 70.1 Å². The fourth-order valence-electron chi connectivity index (χ4n) is 0.655. The van der Waals surface area contributed by atoms with Crippen LogP contribution in [0.5, 0.6) is 0 Å². The molecule has 68 valence electrons. The summed E-state index contributed by atoms with van der Waals surface area (Å²) >= 11 is 0. The van der Waals surface area contributed by atoms with Gasteiger partial charge in [-0.3, -0.25) is 14.4 Å². The molecule has 0 aromatic rings. The van der Waals surface area contributed by atoms with Gasteiger partial charge in [0.25, 0.3) is 0 Å². The molecule has 0 saturated heterocycles. The Bertz CT molecular complexity index is 203. The van der Waals surface area contributed by atoms with Gasteiger partial charge >= 0.3 is 0 Å². The minimum atomic E-state index is -0.951. The van der Waals surface area contributed by atoms with Crippen molar-refractivity contribution in [2.75, 3.05) is 0 Å². The highest BCUT2D eigenvalue weighted by atomic mass is 16.2. The topological polar surface area (TPSA) is 103 Å². The highest BCUT2D eigenvalue weighted by Crippen LogP contribution is 2.05. The van der Waals surface area contributed by atoms with Crippen LogP contribution in [0.4, 0.5) is 0 Å². The minimum Gasteiger partial charge on any atom is -0.369 e. The molecule has 0 saturated carbocycles. The minimum absolute atomic E-state index is 0.532. The van der Waals surface area contributed by atoms with Gasteiger partial charge < -0.3 is 11.5 Å². The Morgan fingerprint density at radius 2 is 1.17 bits per heavy atom. The van der Waals surface area contributed by atoms with E-state index in [1.54, 1.807) is 0 Å². The monoisotopic (exact) mass is 172 g/mol. The summed E-state index contributed by atoms with van der Waals surface area (Å²) in [7, 11) is 0. The van der Waals surface area contributed by atoms with E-state index in [9.17, 15) is 14.4 Å². The molecule has 0 fully saturated rings. The summed E-state index contributed by atoms with van der Waals surface area (Å²) in [6.45, 7) is 2.70. The van der Waals surface area contributed by atoms with Gasteiger partial charge in [-0.2, -0.15) is 0 Å². The summed E-state index contributed by atoms with van der Waals surface area (Å²) in [5.41, 5.74) is 9.73. The lowest BCUT2D eigenvalue weighted by Crippen LogP contribution is -2.36. The van der Waals surface area contributed by atoms with Crippen molar-refractivity contribution >= 4 is 17.6 Å². The molecule has 2 unspecified atom stereocenters. The number of ketones is 1. The molecule has 0 radical (unpaired) electrons. The van der Waals surface area contributed by atoms with Crippen molar-refractivity contribution in [1.82, 2.24) is 0 Å². The van der Waals surface area contributed by atoms with E-state index in [0.29, 0.717) is 0 Å². The molecule has 5 heteroatoms. The number of primary amides is 2. The maximum Gasteiger partial charge on any atom is 0.227 e. The maximum absolute atomic E-state index is 11.1. The second-order valence-electron chi connectivity index (χ2n) is 2.65. The second kappa shape index (κ2) is 3.85. The molecule has 4 N–H and O–H groups in total. The van der Waals surface area contributed by atoms with E-state index in [2.05, 4.69) is 0 Å². The second-order valence-corrected chi connectivity index (χ2v) is 2.65. The zero-order valence-corrected chi connectivity index (χ0v) is 7.03. The number of carbonyl (C=O) groups excluding carboxylic acids is 3. The van der Waals surface area contributed by atoms with E-state index in [4.69, 9.17) is 11.5 Å². The van der Waals surface area contributed by atoms with Crippen LogP contribution in [0.15, 0.2) is 0 Å².